The second-order valence-electron chi connectivity index (χ2n) is 6.40. The molecule has 0 aliphatic heterocycles. The first-order valence-electron chi connectivity index (χ1n) is 8.95. The van der Waals surface area contributed by atoms with Crippen LogP contribution in [0.1, 0.15) is 5.56 Å². The van der Waals surface area contributed by atoms with Crippen LogP contribution >= 0.6 is 34.8 Å². The van der Waals surface area contributed by atoms with Gasteiger partial charge in [-0.1, -0.05) is 46.9 Å². The molecule has 0 unspecified atom stereocenters. The van der Waals surface area contributed by atoms with Crippen molar-refractivity contribution >= 4 is 56.4 Å². The molecule has 0 saturated heterocycles. The lowest BCUT2D eigenvalue weighted by atomic mass is 10.2. The van der Waals surface area contributed by atoms with Crippen LogP contribution < -0.4 is 14.8 Å². The number of carbonyl (C=O) groups excluding carboxylic acids is 1. The average Bonchev–Trinajstić information content (AvgIpc) is 2.74. The van der Waals surface area contributed by atoms with Crippen LogP contribution in [0.3, 0.4) is 0 Å². The number of hydrogen-bond acceptors (Lipinski definition) is 4. The number of hydrogen-bond donors (Lipinski definition) is 2. The highest BCUT2D eigenvalue weighted by Crippen LogP contribution is 2.28. The summed E-state index contributed by atoms with van der Waals surface area (Å²) in [7, 11) is -3.86. The Balaban J connectivity index is 1.57. The van der Waals surface area contributed by atoms with E-state index in [1.54, 1.807) is 48.5 Å². The quantitative estimate of drug-likeness (QED) is 0.449. The minimum absolute atomic E-state index is 0.0491. The number of sulfonamides is 1. The third-order valence-electron chi connectivity index (χ3n) is 4.07. The Bertz CT molecular complexity index is 1170. The maximum atomic E-state index is 12.5. The molecule has 3 rings (SSSR count). The standard InChI is InChI=1S/C21H17Cl3N2O4S/c22-15-3-1-14(2-4-15)12-25-21(27)13-30-20-10-9-18(11-19(20)24)31(28,29)26-17-7-5-16(23)6-8-17/h1-11,26H,12-13H2,(H,25,27). The van der Waals surface area contributed by atoms with Crippen LogP contribution in [0.2, 0.25) is 15.1 Å². The second-order valence-corrected chi connectivity index (χ2v) is 9.36. The zero-order chi connectivity index (χ0) is 22.4. The maximum Gasteiger partial charge on any atom is 0.261 e. The molecule has 0 saturated carbocycles. The van der Waals surface area contributed by atoms with Gasteiger partial charge in [-0.2, -0.15) is 0 Å². The molecule has 0 aliphatic rings. The van der Waals surface area contributed by atoms with Crippen LogP contribution in [-0.2, 0) is 21.4 Å². The van der Waals surface area contributed by atoms with Crippen molar-refractivity contribution in [3.63, 3.8) is 0 Å². The van der Waals surface area contributed by atoms with E-state index >= 15 is 0 Å². The lowest BCUT2D eigenvalue weighted by Crippen LogP contribution is -2.28. The number of carbonyl (C=O) groups is 1. The van der Waals surface area contributed by atoms with Gasteiger partial charge in [0.05, 0.1) is 9.92 Å². The Morgan fingerprint density at radius 2 is 1.48 bits per heavy atom. The van der Waals surface area contributed by atoms with E-state index in [0.29, 0.717) is 22.3 Å². The van der Waals surface area contributed by atoms with Gasteiger partial charge >= 0.3 is 0 Å². The molecule has 0 bridgehead atoms. The largest absolute Gasteiger partial charge is 0.482 e. The van der Waals surface area contributed by atoms with Gasteiger partial charge < -0.3 is 10.1 Å². The smallest absolute Gasteiger partial charge is 0.261 e. The fourth-order valence-corrected chi connectivity index (χ4v) is 4.13. The minimum atomic E-state index is -3.86. The van der Waals surface area contributed by atoms with Gasteiger partial charge in [0.1, 0.15) is 5.75 Å². The molecule has 3 aromatic carbocycles. The maximum absolute atomic E-state index is 12.5. The molecule has 0 radical (unpaired) electrons. The first-order chi connectivity index (χ1) is 14.7. The number of amides is 1. The SMILES string of the molecule is O=C(COc1ccc(S(=O)(=O)Nc2ccc(Cl)cc2)cc1Cl)NCc1ccc(Cl)cc1. The van der Waals surface area contributed by atoms with Crippen molar-refractivity contribution in [2.24, 2.45) is 0 Å². The number of nitrogens with one attached hydrogen (secondary N) is 2. The molecule has 6 nitrogen and oxygen atoms in total. The van der Waals surface area contributed by atoms with E-state index in [4.69, 9.17) is 39.5 Å². The number of rotatable bonds is 8. The molecule has 2 N–H and O–H groups in total. The van der Waals surface area contributed by atoms with Gasteiger partial charge in [-0.3, -0.25) is 9.52 Å². The number of halogens is 3. The Morgan fingerprint density at radius 3 is 2.10 bits per heavy atom. The van der Waals surface area contributed by atoms with Crippen LogP contribution in [0, 0.1) is 0 Å². The van der Waals surface area contributed by atoms with Crippen molar-refractivity contribution in [1.82, 2.24) is 5.32 Å². The van der Waals surface area contributed by atoms with Crippen molar-refractivity contribution < 1.29 is 17.9 Å². The van der Waals surface area contributed by atoms with Crippen LogP contribution in [0.5, 0.6) is 5.75 Å². The Kier molecular flexibility index (Phi) is 7.67. The van der Waals surface area contributed by atoms with Gasteiger partial charge in [0.2, 0.25) is 0 Å². The highest BCUT2D eigenvalue weighted by atomic mass is 35.5. The first kappa shape index (κ1) is 23.2. The molecule has 0 aliphatic carbocycles. The van der Waals surface area contributed by atoms with Gasteiger partial charge in [-0.05, 0) is 60.2 Å². The summed E-state index contributed by atoms with van der Waals surface area (Å²) in [6, 6.07) is 17.3. The molecular weight excluding hydrogens is 483 g/mol. The summed E-state index contributed by atoms with van der Waals surface area (Å²) in [6.07, 6.45) is 0. The van der Waals surface area contributed by atoms with Crippen LogP contribution in [0.4, 0.5) is 5.69 Å². The van der Waals surface area contributed by atoms with E-state index in [9.17, 15) is 13.2 Å². The van der Waals surface area contributed by atoms with E-state index in [2.05, 4.69) is 10.0 Å². The Morgan fingerprint density at radius 1 is 0.871 bits per heavy atom. The van der Waals surface area contributed by atoms with E-state index in [-0.39, 0.29) is 28.2 Å². The van der Waals surface area contributed by atoms with Crippen LogP contribution in [0.25, 0.3) is 0 Å². The highest BCUT2D eigenvalue weighted by Gasteiger charge is 2.17. The fraction of sp³-hybridized carbons (Fsp3) is 0.0952. The zero-order valence-electron chi connectivity index (χ0n) is 15.9. The van der Waals surface area contributed by atoms with Crippen molar-refractivity contribution in [3.8, 4) is 5.75 Å². The van der Waals surface area contributed by atoms with Gasteiger partial charge in [0.25, 0.3) is 15.9 Å². The predicted octanol–water partition coefficient (Wildman–Crippen LogP) is 5.14. The highest BCUT2D eigenvalue weighted by molar-refractivity contribution is 7.92. The minimum Gasteiger partial charge on any atom is -0.482 e. The number of ether oxygens (including phenoxy) is 1. The van der Waals surface area contributed by atoms with Crippen molar-refractivity contribution in [2.75, 3.05) is 11.3 Å². The third kappa shape index (κ3) is 6.77. The van der Waals surface area contributed by atoms with E-state index < -0.39 is 10.0 Å². The fourth-order valence-electron chi connectivity index (χ4n) is 2.50. The topological polar surface area (TPSA) is 84.5 Å². The van der Waals surface area contributed by atoms with Gasteiger partial charge in [0, 0.05) is 22.3 Å². The summed E-state index contributed by atoms with van der Waals surface area (Å²) < 4.78 is 32.9. The van der Waals surface area contributed by atoms with E-state index in [1.807, 2.05) is 0 Å². The summed E-state index contributed by atoms with van der Waals surface area (Å²) in [4.78, 5) is 12.0. The molecule has 0 fully saturated rings. The molecule has 162 valence electrons. The summed E-state index contributed by atoms with van der Waals surface area (Å²) in [6.45, 7) is 0.0447. The molecule has 0 aromatic heterocycles. The third-order valence-corrected chi connectivity index (χ3v) is 6.25. The normalized spacial score (nSPS) is 11.1. The molecular formula is C21H17Cl3N2O4S. The summed E-state index contributed by atoms with van der Waals surface area (Å²) in [5, 5.41) is 3.87. The summed E-state index contributed by atoms with van der Waals surface area (Å²) in [5.74, 6) is -0.166. The second kappa shape index (κ2) is 10.2. The molecule has 0 atom stereocenters. The molecule has 1 amide bonds. The first-order valence-corrected chi connectivity index (χ1v) is 11.6. The van der Waals surface area contributed by atoms with Gasteiger partial charge in [0.15, 0.2) is 6.61 Å². The van der Waals surface area contributed by atoms with Gasteiger partial charge in [-0.25, -0.2) is 8.42 Å². The molecule has 10 heteroatoms. The van der Waals surface area contributed by atoms with E-state index in [1.165, 1.54) is 18.2 Å². The molecule has 0 spiro atoms. The number of benzene rings is 3. The van der Waals surface area contributed by atoms with E-state index in [0.717, 1.165) is 5.56 Å². The summed E-state index contributed by atoms with van der Waals surface area (Å²) >= 11 is 17.8. The van der Waals surface area contributed by atoms with Crippen LogP contribution in [0.15, 0.2) is 71.6 Å². The van der Waals surface area contributed by atoms with Crippen LogP contribution in [-0.4, -0.2) is 20.9 Å². The zero-order valence-corrected chi connectivity index (χ0v) is 19.0. The van der Waals surface area contributed by atoms with Crippen molar-refractivity contribution in [2.45, 2.75) is 11.4 Å². The monoisotopic (exact) mass is 498 g/mol. The van der Waals surface area contributed by atoms with Gasteiger partial charge in [-0.15, -0.1) is 0 Å². The number of anilines is 1. The predicted molar refractivity (Wildman–Crippen MR) is 123 cm³/mol. The van der Waals surface area contributed by atoms with Crippen molar-refractivity contribution in [1.29, 1.82) is 0 Å². The molecule has 31 heavy (non-hydrogen) atoms. The molecule has 3 aromatic rings. The lowest BCUT2D eigenvalue weighted by Gasteiger charge is -2.12. The Labute approximate surface area is 195 Å². The lowest BCUT2D eigenvalue weighted by molar-refractivity contribution is -0.123. The Hall–Kier alpha value is -2.45. The van der Waals surface area contributed by atoms with Crippen molar-refractivity contribution in [3.05, 3.63) is 87.4 Å². The average molecular weight is 500 g/mol. The molecule has 0 heterocycles. The summed E-state index contributed by atoms with van der Waals surface area (Å²) in [5.41, 5.74) is 1.25.